The quantitative estimate of drug-likeness (QED) is 0.344. The summed E-state index contributed by atoms with van der Waals surface area (Å²) in [5, 5.41) is 11.3. The lowest BCUT2D eigenvalue weighted by Crippen LogP contribution is -1.91. The van der Waals surface area contributed by atoms with Crippen LogP contribution < -0.4 is 0 Å². The summed E-state index contributed by atoms with van der Waals surface area (Å²) in [7, 11) is 0. The highest BCUT2D eigenvalue weighted by Crippen LogP contribution is 2.33. The molecule has 0 aliphatic carbocycles. The second-order valence-corrected chi connectivity index (χ2v) is 5.78. The molecule has 0 fully saturated rings. The summed E-state index contributed by atoms with van der Waals surface area (Å²) in [6.45, 7) is 0. The molecule has 0 N–H and O–H groups in total. The summed E-state index contributed by atoms with van der Waals surface area (Å²) in [6.07, 6.45) is 0. The highest BCUT2D eigenvalue weighted by atomic mass is 16.6. The van der Waals surface area contributed by atoms with Crippen molar-refractivity contribution in [3.05, 3.63) is 76.8 Å². The van der Waals surface area contributed by atoms with Crippen molar-refractivity contribution in [1.29, 1.82) is 0 Å². The molecule has 120 valence electrons. The third kappa shape index (κ3) is 1.94. The van der Waals surface area contributed by atoms with Gasteiger partial charge in [-0.1, -0.05) is 30.3 Å². The minimum absolute atomic E-state index is 0.0830. The zero-order valence-electron chi connectivity index (χ0n) is 12.9. The summed E-state index contributed by atoms with van der Waals surface area (Å²) in [4.78, 5) is 15.5. The van der Waals surface area contributed by atoms with Crippen LogP contribution >= 0.6 is 0 Å². The van der Waals surface area contributed by atoms with Gasteiger partial charge in [-0.2, -0.15) is 4.98 Å². The van der Waals surface area contributed by atoms with Gasteiger partial charge in [-0.05, 0) is 35.9 Å². The zero-order chi connectivity index (χ0) is 17.0. The number of imidazole rings is 1. The number of oxazole rings is 1. The average molecular weight is 329 g/mol. The second kappa shape index (κ2) is 4.91. The van der Waals surface area contributed by atoms with E-state index < -0.39 is 0 Å². The predicted molar refractivity (Wildman–Crippen MR) is 94.6 cm³/mol. The molecular formula is C19H11N3O3. The molecule has 2 heterocycles. The van der Waals surface area contributed by atoms with Crippen LogP contribution in [0.1, 0.15) is 0 Å². The molecule has 5 rings (SSSR count). The molecule has 2 aromatic heterocycles. The molecule has 0 atom stereocenters. The standard InChI is InChI=1S/C19H11N3O3/c23-22(24)15-6-2-1-5-13(15)12-9-10-14-17(11-12)21-16-7-3-4-8-18(16)25-19(21)20-14/h1-11H. The monoisotopic (exact) mass is 329 g/mol. The fourth-order valence-corrected chi connectivity index (χ4v) is 3.23. The molecule has 0 bridgehead atoms. The number of fused-ring (bicyclic) bond motifs is 5. The Kier molecular flexibility index (Phi) is 2.70. The van der Waals surface area contributed by atoms with Crippen LogP contribution in [0.4, 0.5) is 5.69 Å². The third-order valence-corrected chi connectivity index (χ3v) is 4.34. The predicted octanol–water partition coefficient (Wildman–Crippen LogP) is 4.81. The van der Waals surface area contributed by atoms with Crippen molar-refractivity contribution in [1.82, 2.24) is 9.38 Å². The third-order valence-electron chi connectivity index (χ3n) is 4.34. The lowest BCUT2D eigenvalue weighted by Gasteiger charge is -2.03. The van der Waals surface area contributed by atoms with Crippen LogP contribution in [0.2, 0.25) is 0 Å². The van der Waals surface area contributed by atoms with Crippen LogP contribution in [0.5, 0.6) is 0 Å². The maximum absolute atomic E-state index is 11.3. The van der Waals surface area contributed by atoms with E-state index in [4.69, 9.17) is 4.42 Å². The first-order valence-electron chi connectivity index (χ1n) is 7.76. The van der Waals surface area contributed by atoms with E-state index in [0.29, 0.717) is 11.4 Å². The van der Waals surface area contributed by atoms with E-state index in [0.717, 1.165) is 27.7 Å². The Morgan fingerprint density at radius 1 is 0.960 bits per heavy atom. The highest BCUT2D eigenvalue weighted by Gasteiger charge is 2.17. The summed E-state index contributed by atoms with van der Waals surface area (Å²) >= 11 is 0. The normalized spacial score (nSPS) is 11.5. The van der Waals surface area contributed by atoms with E-state index in [1.807, 2.05) is 46.9 Å². The van der Waals surface area contributed by atoms with Gasteiger partial charge in [0.15, 0.2) is 5.58 Å². The molecule has 0 spiro atoms. The minimum atomic E-state index is -0.362. The van der Waals surface area contributed by atoms with Crippen LogP contribution in [0.3, 0.4) is 0 Å². The topological polar surface area (TPSA) is 73.6 Å². The van der Waals surface area contributed by atoms with E-state index in [9.17, 15) is 10.1 Å². The number of hydrogen-bond acceptors (Lipinski definition) is 4. The maximum atomic E-state index is 11.3. The number of nitrogens with zero attached hydrogens (tertiary/aromatic N) is 3. The van der Waals surface area contributed by atoms with Gasteiger partial charge in [0, 0.05) is 6.07 Å². The molecule has 0 amide bonds. The average Bonchev–Trinajstić information content (AvgIpc) is 3.16. The van der Waals surface area contributed by atoms with Gasteiger partial charge < -0.3 is 4.42 Å². The molecule has 25 heavy (non-hydrogen) atoms. The zero-order valence-corrected chi connectivity index (χ0v) is 12.9. The van der Waals surface area contributed by atoms with Gasteiger partial charge in [0.1, 0.15) is 0 Å². The van der Waals surface area contributed by atoms with Crippen LogP contribution in [0.25, 0.3) is 39.1 Å². The Morgan fingerprint density at radius 2 is 1.76 bits per heavy atom. The number of aromatic nitrogens is 2. The number of para-hydroxylation sites is 3. The first-order valence-corrected chi connectivity index (χ1v) is 7.76. The number of nitro benzene ring substituents is 1. The number of nitro groups is 1. The molecule has 0 unspecified atom stereocenters. The molecule has 0 saturated heterocycles. The van der Waals surface area contributed by atoms with Crippen LogP contribution in [0, 0.1) is 10.1 Å². The molecule has 0 aliphatic rings. The van der Waals surface area contributed by atoms with Gasteiger partial charge in [0.05, 0.1) is 27.0 Å². The van der Waals surface area contributed by atoms with Crippen LogP contribution in [-0.4, -0.2) is 14.3 Å². The van der Waals surface area contributed by atoms with Crippen LogP contribution in [-0.2, 0) is 0 Å². The van der Waals surface area contributed by atoms with E-state index >= 15 is 0 Å². The Balaban J connectivity index is 1.84. The van der Waals surface area contributed by atoms with Crippen molar-refractivity contribution in [3.63, 3.8) is 0 Å². The van der Waals surface area contributed by atoms with Gasteiger partial charge in [-0.15, -0.1) is 0 Å². The molecule has 0 radical (unpaired) electrons. The fourth-order valence-electron chi connectivity index (χ4n) is 3.23. The molecule has 0 saturated carbocycles. The van der Waals surface area contributed by atoms with E-state index in [1.54, 1.807) is 18.2 Å². The molecular weight excluding hydrogens is 318 g/mol. The minimum Gasteiger partial charge on any atom is -0.423 e. The maximum Gasteiger partial charge on any atom is 0.307 e. The van der Waals surface area contributed by atoms with Crippen molar-refractivity contribution >= 4 is 33.7 Å². The molecule has 0 aliphatic heterocycles. The van der Waals surface area contributed by atoms with Gasteiger partial charge >= 0.3 is 5.84 Å². The number of rotatable bonds is 2. The summed E-state index contributed by atoms with van der Waals surface area (Å²) in [6, 6.07) is 20.1. The number of hydrogen-bond donors (Lipinski definition) is 0. The van der Waals surface area contributed by atoms with Gasteiger partial charge in [-0.25, -0.2) is 0 Å². The Bertz CT molecular complexity index is 1280. The van der Waals surface area contributed by atoms with Gasteiger partial charge in [-0.3, -0.25) is 14.5 Å². The van der Waals surface area contributed by atoms with Crippen LogP contribution in [0.15, 0.2) is 71.1 Å². The lowest BCUT2D eigenvalue weighted by atomic mass is 10.0. The highest BCUT2D eigenvalue weighted by molar-refractivity contribution is 5.91. The summed E-state index contributed by atoms with van der Waals surface area (Å²) in [5.74, 6) is 0.510. The smallest absolute Gasteiger partial charge is 0.307 e. The van der Waals surface area contributed by atoms with Crippen molar-refractivity contribution in [2.45, 2.75) is 0 Å². The Morgan fingerprint density at radius 3 is 2.64 bits per heavy atom. The SMILES string of the molecule is O=[N+]([O-])c1ccccc1-c1ccc2nc3oc4ccccc4n3c2c1. The van der Waals surface area contributed by atoms with Crippen molar-refractivity contribution in [2.75, 3.05) is 0 Å². The Hall–Kier alpha value is -3.67. The van der Waals surface area contributed by atoms with Gasteiger partial charge in [0.25, 0.3) is 5.69 Å². The molecule has 3 aromatic carbocycles. The molecule has 6 heteroatoms. The lowest BCUT2D eigenvalue weighted by molar-refractivity contribution is -0.384. The van der Waals surface area contributed by atoms with E-state index in [1.165, 1.54) is 6.07 Å². The van der Waals surface area contributed by atoms with E-state index in [-0.39, 0.29) is 10.6 Å². The largest absolute Gasteiger partial charge is 0.423 e. The first-order chi connectivity index (χ1) is 12.2. The second-order valence-electron chi connectivity index (χ2n) is 5.78. The van der Waals surface area contributed by atoms with Crippen molar-refractivity contribution in [2.24, 2.45) is 0 Å². The summed E-state index contributed by atoms with van der Waals surface area (Å²) < 4.78 is 7.72. The number of benzene rings is 3. The van der Waals surface area contributed by atoms with Crippen molar-refractivity contribution < 1.29 is 9.34 Å². The molecule has 5 aromatic rings. The molecule has 6 nitrogen and oxygen atoms in total. The first kappa shape index (κ1) is 13.7. The van der Waals surface area contributed by atoms with E-state index in [2.05, 4.69) is 4.98 Å². The summed E-state index contributed by atoms with van der Waals surface area (Å²) in [5.41, 5.74) is 4.74. The van der Waals surface area contributed by atoms with Crippen molar-refractivity contribution in [3.8, 4) is 11.1 Å². The fraction of sp³-hybridized carbons (Fsp3) is 0. The van der Waals surface area contributed by atoms with Gasteiger partial charge in [0.2, 0.25) is 0 Å². The Labute approximate surface area is 141 Å².